The van der Waals surface area contributed by atoms with Crippen LogP contribution in [0.3, 0.4) is 0 Å². The molecule has 1 N–H and O–H groups in total. The van der Waals surface area contributed by atoms with E-state index in [9.17, 15) is 0 Å². The third-order valence-electron chi connectivity index (χ3n) is 2.71. The molecule has 1 atom stereocenters. The van der Waals surface area contributed by atoms with Crippen LogP contribution in [-0.4, -0.2) is 11.5 Å². The van der Waals surface area contributed by atoms with Crippen molar-refractivity contribution < 1.29 is 4.42 Å². The van der Waals surface area contributed by atoms with Crippen LogP contribution in [0.5, 0.6) is 0 Å². The van der Waals surface area contributed by atoms with E-state index in [1.807, 2.05) is 18.2 Å². The van der Waals surface area contributed by atoms with E-state index in [1.54, 1.807) is 6.20 Å². The molecule has 3 nitrogen and oxygen atoms in total. The minimum absolute atomic E-state index is 0.393. The molecule has 3 heteroatoms. The van der Waals surface area contributed by atoms with E-state index in [1.165, 1.54) is 12.8 Å². The number of nitrogens with zero attached hydrogens (tertiary/aromatic N) is 1. The first-order valence-corrected chi connectivity index (χ1v) is 5.01. The first-order valence-electron chi connectivity index (χ1n) is 5.01. The van der Waals surface area contributed by atoms with E-state index in [-0.39, 0.29) is 0 Å². The Morgan fingerprint density at radius 2 is 2.50 bits per heavy atom. The topological polar surface area (TPSA) is 38.1 Å². The highest BCUT2D eigenvalue weighted by Crippen LogP contribution is 2.27. The number of hydrogen-bond donors (Lipinski definition) is 1. The molecule has 1 saturated heterocycles. The summed E-state index contributed by atoms with van der Waals surface area (Å²) in [6, 6.07) is 6.29. The van der Waals surface area contributed by atoms with E-state index in [4.69, 9.17) is 4.42 Å². The highest BCUT2D eigenvalue weighted by Gasteiger charge is 2.19. The van der Waals surface area contributed by atoms with Crippen LogP contribution in [-0.2, 0) is 0 Å². The maximum atomic E-state index is 5.73. The molecule has 1 fully saturated rings. The Morgan fingerprint density at radius 1 is 1.50 bits per heavy atom. The smallest absolute Gasteiger partial charge is 0.152 e. The number of pyridine rings is 1. The van der Waals surface area contributed by atoms with E-state index < -0.39 is 0 Å². The molecule has 0 amide bonds. The number of rotatable bonds is 1. The van der Waals surface area contributed by atoms with Gasteiger partial charge in [0, 0.05) is 12.3 Å². The first kappa shape index (κ1) is 8.00. The molecular formula is C11H12N2O. The lowest BCUT2D eigenvalue weighted by Crippen LogP contribution is -2.11. The molecule has 72 valence electrons. The zero-order valence-corrected chi connectivity index (χ0v) is 7.86. The van der Waals surface area contributed by atoms with Gasteiger partial charge in [-0.15, -0.1) is 0 Å². The van der Waals surface area contributed by atoms with Crippen LogP contribution in [0, 0.1) is 0 Å². The summed E-state index contributed by atoms with van der Waals surface area (Å²) in [6.07, 6.45) is 4.19. The zero-order valence-electron chi connectivity index (χ0n) is 7.86. The SMILES string of the molecule is c1cnc2cc([C@H]3CCCN3)oc2c1. The van der Waals surface area contributed by atoms with Gasteiger partial charge in [-0.05, 0) is 31.5 Å². The molecule has 2 aromatic heterocycles. The molecule has 0 aromatic carbocycles. The van der Waals surface area contributed by atoms with Crippen molar-refractivity contribution in [2.75, 3.05) is 6.54 Å². The van der Waals surface area contributed by atoms with Gasteiger partial charge in [-0.2, -0.15) is 0 Å². The van der Waals surface area contributed by atoms with Gasteiger partial charge in [0.2, 0.25) is 0 Å². The third kappa shape index (κ3) is 1.21. The van der Waals surface area contributed by atoms with Crippen molar-refractivity contribution in [3.63, 3.8) is 0 Å². The maximum absolute atomic E-state index is 5.73. The highest BCUT2D eigenvalue weighted by molar-refractivity contribution is 5.72. The Bertz CT molecular complexity index is 410. The molecule has 0 radical (unpaired) electrons. The van der Waals surface area contributed by atoms with Crippen LogP contribution in [0.15, 0.2) is 28.8 Å². The number of hydrogen-bond acceptors (Lipinski definition) is 3. The lowest BCUT2D eigenvalue weighted by atomic mass is 10.2. The summed E-state index contributed by atoms with van der Waals surface area (Å²) in [5, 5.41) is 3.41. The van der Waals surface area contributed by atoms with Crippen molar-refractivity contribution in [1.82, 2.24) is 10.3 Å². The fourth-order valence-corrected chi connectivity index (χ4v) is 1.99. The number of aromatic nitrogens is 1. The minimum atomic E-state index is 0.393. The van der Waals surface area contributed by atoms with Crippen LogP contribution in [0.1, 0.15) is 24.6 Å². The van der Waals surface area contributed by atoms with Crippen LogP contribution in [0.25, 0.3) is 11.1 Å². The predicted octanol–water partition coefficient (Wildman–Crippen LogP) is 2.25. The molecule has 2 aromatic rings. The molecule has 0 spiro atoms. The van der Waals surface area contributed by atoms with Gasteiger partial charge in [0.25, 0.3) is 0 Å². The average Bonchev–Trinajstić information content (AvgIpc) is 2.86. The Kier molecular flexibility index (Phi) is 1.77. The largest absolute Gasteiger partial charge is 0.458 e. The normalized spacial score (nSPS) is 21.9. The fraction of sp³-hybridized carbons (Fsp3) is 0.364. The molecule has 1 aliphatic rings. The van der Waals surface area contributed by atoms with E-state index in [0.29, 0.717) is 6.04 Å². The van der Waals surface area contributed by atoms with Crippen LogP contribution in [0.2, 0.25) is 0 Å². The molecule has 0 unspecified atom stereocenters. The summed E-state index contributed by atoms with van der Waals surface area (Å²) in [5.41, 5.74) is 1.84. The molecule has 3 rings (SSSR count). The van der Waals surface area contributed by atoms with Crippen molar-refractivity contribution >= 4 is 11.1 Å². The molecule has 1 aliphatic heterocycles. The van der Waals surface area contributed by atoms with E-state index in [0.717, 1.165) is 23.4 Å². The molecule has 0 bridgehead atoms. The Hall–Kier alpha value is -1.35. The molecule has 0 aliphatic carbocycles. The first-order chi connectivity index (χ1) is 6.93. The lowest BCUT2D eigenvalue weighted by molar-refractivity contribution is 0.471. The maximum Gasteiger partial charge on any atom is 0.152 e. The van der Waals surface area contributed by atoms with Gasteiger partial charge < -0.3 is 9.73 Å². The van der Waals surface area contributed by atoms with Crippen molar-refractivity contribution in [2.24, 2.45) is 0 Å². The van der Waals surface area contributed by atoms with Crippen molar-refractivity contribution in [3.8, 4) is 0 Å². The molecule has 0 saturated carbocycles. The van der Waals surface area contributed by atoms with Crippen molar-refractivity contribution in [2.45, 2.75) is 18.9 Å². The Balaban J connectivity index is 2.05. The third-order valence-corrected chi connectivity index (χ3v) is 2.71. The van der Waals surface area contributed by atoms with Crippen LogP contribution < -0.4 is 5.32 Å². The van der Waals surface area contributed by atoms with Gasteiger partial charge in [-0.3, -0.25) is 4.98 Å². The quantitative estimate of drug-likeness (QED) is 0.745. The molecule has 14 heavy (non-hydrogen) atoms. The fourth-order valence-electron chi connectivity index (χ4n) is 1.99. The van der Waals surface area contributed by atoms with Gasteiger partial charge in [0.05, 0.1) is 6.04 Å². The van der Waals surface area contributed by atoms with Crippen LogP contribution >= 0.6 is 0 Å². The van der Waals surface area contributed by atoms with Gasteiger partial charge in [-0.25, -0.2) is 0 Å². The zero-order chi connectivity index (χ0) is 9.38. The standard InChI is InChI=1S/C11H12N2O/c1-3-8(12-5-1)11-7-9-10(14-11)4-2-6-13-9/h2,4,6-8,12H,1,3,5H2/t8-/m1/s1. The summed E-state index contributed by atoms with van der Waals surface area (Å²) in [5.74, 6) is 1.02. The minimum Gasteiger partial charge on any atom is -0.458 e. The second-order valence-electron chi connectivity index (χ2n) is 3.68. The predicted molar refractivity (Wildman–Crippen MR) is 54.0 cm³/mol. The van der Waals surface area contributed by atoms with Gasteiger partial charge in [-0.1, -0.05) is 0 Å². The number of fused-ring (bicyclic) bond motifs is 1. The van der Waals surface area contributed by atoms with E-state index in [2.05, 4.69) is 10.3 Å². The van der Waals surface area contributed by atoms with E-state index >= 15 is 0 Å². The average molecular weight is 188 g/mol. The number of furan rings is 1. The summed E-state index contributed by atoms with van der Waals surface area (Å²) < 4.78 is 5.73. The van der Waals surface area contributed by atoms with Crippen molar-refractivity contribution in [3.05, 3.63) is 30.2 Å². The Labute approximate surface area is 82.1 Å². The summed E-state index contributed by atoms with van der Waals surface area (Å²) in [7, 11) is 0. The van der Waals surface area contributed by atoms with Gasteiger partial charge in [0.15, 0.2) is 5.58 Å². The second-order valence-corrected chi connectivity index (χ2v) is 3.68. The van der Waals surface area contributed by atoms with Crippen LogP contribution in [0.4, 0.5) is 0 Å². The molecule has 3 heterocycles. The summed E-state index contributed by atoms with van der Waals surface area (Å²) >= 11 is 0. The molecular weight excluding hydrogens is 176 g/mol. The summed E-state index contributed by atoms with van der Waals surface area (Å²) in [4.78, 5) is 4.25. The summed E-state index contributed by atoms with van der Waals surface area (Å²) in [6.45, 7) is 1.09. The lowest BCUT2D eigenvalue weighted by Gasteiger charge is -2.04. The van der Waals surface area contributed by atoms with Crippen molar-refractivity contribution in [1.29, 1.82) is 0 Å². The Morgan fingerprint density at radius 3 is 3.29 bits per heavy atom. The highest BCUT2D eigenvalue weighted by atomic mass is 16.3. The van der Waals surface area contributed by atoms with Gasteiger partial charge in [0.1, 0.15) is 11.3 Å². The van der Waals surface area contributed by atoms with Gasteiger partial charge >= 0.3 is 0 Å². The number of nitrogens with one attached hydrogen (secondary N) is 1. The monoisotopic (exact) mass is 188 g/mol. The second kappa shape index (κ2) is 3.10.